The minimum atomic E-state index is -2.89. The Kier molecular flexibility index (Phi) is 4.03. The van der Waals surface area contributed by atoms with E-state index in [1.807, 2.05) is 0 Å². The van der Waals surface area contributed by atoms with Crippen molar-refractivity contribution in [3.8, 4) is 0 Å². The van der Waals surface area contributed by atoms with Gasteiger partial charge in [0.25, 0.3) is 5.60 Å². The van der Waals surface area contributed by atoms with Gasteiger partial charge in [0.2, 0.25) is 0 Å². The van der Waals surface area contributed by atoms with Gasteiger partial charge in [-0.15, -0.1) is 0 Å². The molecule has 0 aliphatic rings. The summed E-state index contributed by atoms with van der Waals surface area (Å²) in [6.45, 7) is 0. The lowest BCUT2D eigenvalue weighted by Crippen LogP contribution is -2.49. The minimum absolute atomic E-state index is 0.896. The van der Waals surface area contributed by atoms with Crippen LogP contribution in [-0.4, -0.2) is 47.9 Å². The Morgan fingerprint density at radius 1 is 1.21 bits per heavy atom. The summed E-state index contributed by atoms with van der Waals surface area (Å²) >= 11 is 0. The molecular weight excluding hydrogens is 196 g/mol. The zero-order chi connectivity index (χ0) is 11.4. The number of methoxy groups -OCH3 is 2. The molecule has 1 atom stereocenters. The highest BCUT2D eigenvalue weighted by atomic mass is 16.6. The van der Waals surface area contributed by atoms with Crippen molar-refractivity contribution in [2.75, 3.05) is 14.2 Å². The van der Waals surface area contributed by atoms with E-state index in [1.54, 1.807) is 0 Å². The Morgan fingerprint density at radius 2 is 1.71 bits per heavy atom. The lowest BCUT2D eigenvalue weighted by atomic mass is 10.0. The number of aliphatic carboxylic acids is 1. The maximum atomic E-state index is 10.9. The van der Waals surface area contributed by atoms with Crippen LogP contribution in [0.15, 0.2) is 0 Å². The molecule has 0 aromatic heterocycles. The molecule has 0 aromatic rings. The molecule has 0 rings (SSSR count). The Hall–Kier alpha value is -1.63. The number of carboxylic acids is 1. The summed E-state index contributed by atoms with van der Waals surface area (Å²) in [6.07, 6.45) is -0.995. The van der Waals surface area contributed by atoms with Gasteiger partial charge in [0, 0.05) is 0 Å². The standard InChI is InChI=1S/C7H10O7/c1-13-4(8)3-7(12,5(9)10)6(11)14-2/h12H,3H2,1-2H3,(H,9,10)/t7-/m1/s1. The van der Waals surface area contributed by atoms with Crippen molar-refractivity contribution in [2.45, 2.75) is 12.0 Å². The summed E-state index contributed by atoms with van der Waals surface area (Å²) in [5.74, 6) is -4.31. The molecule has 14 heavy (non-hydrogen) atoms. The van der Waals surface area contributed by atoms with Gasteiger partial charge in [-0.05, 0) is 0 Å². The first-order chi connectivity index (χ1) is 6.38. The molecule has 0 aliphatic heterocycles. The largest absolute Gasteiger partial charge is 0.479 e. The van der Waals surface area contributed by atoms with E-state index in [1.165, 1.54) is 0 Å². The fraction of sp³-hybridized carbons (Fsp3) is 0.571. The fourth-order valence-corrected chi connectivity index (χ4v) is 0.685. The summed E-state index contributed by atoms with van der Waals surface area (Å²) in [4.78, 5) is 32.1. The highest BCUT2D eigenvalue weighted by molar-refractivity contribution is 6.05. The van der Waals surface area contributed by atoms with E-state index in [4.69, 9.17) is 5.11 Å². The molecule has 0 aliphatic carbocycles. The molecule has 0 saturated carbocycles. The maximum absolute atomic E-state index is 10.9. The van der Waals surface area contributed by atoms with Crippen LogP contribution in [0.1, 0.15) is 6.42 Å². The monoisotopic (exact) mass is 206 g/mol. The fourth-order valence-electron chi connectivity index (χ4n) is 0.685. The van der Waals surface area contributed by atoms with Crippen LogP contribution in [-0.2, 0) is 23.9 Å². The van der Waals surface area contributed by atoms with E-state index in [0.29, 0.717) is 0 Å². The van der Waals surface area contributed by atoms with Gasteiger partial charge in [-0.25, -0.2) is 9.59 Å². The van der Waals surface area contributed by atoms with Crippen LogP contribution in [0.25, 0.3) is 0 Å². The van der Waals surface area contributed by atoms with Crippen LogP contribution in [0, 0.1) is 0 Å². The van der Waals surface area contributed by atoms with E-state index in [2.05, 4.69) is 9.47 Å². The molecule has 0 amide bonds. The van der Waals surface area contributed by atoms with Crippen LogP contribution in [0.4, 0.5) is 0 Å². The number of esters is 2. The quantitative estimate of drug-likeness (QED) is 0.427. The molecule has 80 valence electrons. The third kappa shape index (κ3) is 2.43. The number of hydrogen-bond acceptors (Lipinski definition) is 6. The van der Waals surface area contributed by atoms with Gasteiger partial charge in [-0.2, -0.15) is 0 Å². The third-order valence-electron chi connectivity index (χ3n) is 1.50. The van der Waals surface area contributed by atoms with E-state index in [-0.39, 0.29) is 0 Å². The average Bonchev–Trinajstić information content (AvgIpc) is 2.15. The number of hydrogen-bond donors (Lipinski definition) is 2. The Bertz CT molecular complexity index is 259. The van der Waals surface area contributed by atoms with Crippen molar-refractivity contribution in [3.05, 3.63) is 0 Å². The molecule has 0 aromatic carbocycles. The van der Waals surface area contributed by atoms with Gasteiger partial charge in [0.15, 0.2) is 0 Å². The van der Waals surface area contributed by atoms with Gasteiger partial charge < -0.3 is 19.7 Å². The molecule has 7 nitrogen and oxygen atoms in total. The summed E-state index contributed by atoms with van der Waals surface area (Å²) in [6, 6.07) is 0. The van der Waals surface area contributed by atoms with Crippen molar-refractivity contribution >= 4 is 17.9 Å². The van der Waals surface area contributed by atoms with Crippen LogP contribution in [0.2, 0.25) is 0 Å². The number of aliphatic hydroxyl groups is 1. The maximum Gasteiger partial charge on any atom is 0.350 e. The number of carbonyl (C=O) groups excluding carboxylic acids is 2. The van der Waals surface area contributed by atoms with Crippen LogP contribution >= 0.6 is 0 Å². The summed E-state index contributed by atoms with van der Waals surface area (Å²) in [5.41, 5.74) is -2.89. The summed E-state index contributed by atoms with van der Waals surface area (Å²) in [5, 5.41) is 17.8. The van der Waals surface area contributed by atoms with Gasteiger partial charge in [0.05, 0.1) is 20.6 Å². The molecular formula is C7H10O7. The molecule has 7 heteroatoms. The minimum Gasteiger partial charge on any atom is -0.479 e. The Labute approximate surface area is 79.2 Å². The SMILES string of the molecule is COC(=O)C[C@@](O)(C(=O)O)C(=O)OC. The predicted octanol–water partition coefficient (Wildman–Crippen LogP) is -1.46. The van der Waals surface area contributed by atoms with Gasteiger partial charge in [-0.1, -0.05) is 0 Å². The van der Waals surface area contributed by atoms with Crippen LogP contribution < -0.4 is 0 Å². The molecule has 0 radical (unpaired) electrons. The van der Waals surface area contributed by atoms with Crippen molar-refractivity contribution < 1.29 is 34.1 Å². The van der Waals surface area contributed by atoms with E-state index < -0.39 is 29.9 Å². The Morgan fingerprint density at radius 3 is 2.00 bits per heavy atom. The molecule has 0 saturated heterocycles. The summed E-state index contributed by atoms with van der Waals surface area (Å²) in [7, 11) is 1.90. The highest BCUT2D eigenvalue weighted by Gasteiger charge is 2.48. The normalized spacial score (nSPS) is 13.9. The zero-order valence-corrected chi connectivity index (χ0v) is 7.64. The van der Waals surface area contributed by atoms with Gasteiger partial charge >= 0.3 is 17.9 Å². The van der Waals surface area contributed by atoms with Crippen LogP contribution in [0.5, 0.6) is 0 Å². The molecule has 0 bridgehead atoms. The zero-order valence-electron chi connectivity index (χ0n) is 7.64. The molecule has 0 heterocycles. The smallest absolute Gasteiger partial charge is 0.350 e. The second-order valence-corrected chi connectivity index (χ2v) is 2.41. The Balaban J connectivity index is 4.82. The lowest BCUT2D eigenvalue weighted by Gasteiger charge is -2.18. The van der Waals surface area contributed by atoms with E-state index in [9.17, 15) is 19.5 Å². The first-order valence-electron chi connectivity index (χ1n) is 3.49. The van der Waals surface area contributed by atoms with Crippen molar-refractivity contribution in [2.24, 2.45) is 0 Å². The van der Waals surface area contributed by atoms with Crippen molar-refractivity contribution in [1.29, 1.82) is 0 Å². The van der Waals surface area contributed by atoms with E-state index in [0.717, 1.165) is 14.2 Å². The van der Waals surface area contributed by atoms with Gasteiger partial charge in [-0.3, -0.25) is 4.79 Å². The topological polar surface area (TPSA) is 110 Å². The third-order valence-corrected chi connectivity index (χ3v) is 1.50. The van der Waals surface area contributed by atoms with Crippen LogP contribution in [0.3, 0.4) is 0 Å². The second-order valence-electron chi connectivity index (χ2n) is 2.41. The second kappa shape index (κ2) is 4.56. The first-order valence-corrected chi connectivity index (χ1v) is 3.49. The van der Waals surface area contributed by atoms with E-state index >= 15 is 0 Å². The average molecular weight is 206 g/mol. The number of carbonyl (C=O) groups is 3. The number of ether oxygens (including phenoxy) is 2. The molecule has 0 unspecified atom stereocenters. The lowest BCUT2D eigenvalue weighted by molar-refractivity contribution is -0.183. The molecule has 0 fully saturated rings. The molecule has 0 spiro atoms. The van der Waals surface area contributed by atoms with Crippen molar-refractivity contribution in [1.82, 2.24) is 0 Å². The number of carboxylic acid groups (broad SMARTS) is 1. The predicted molar refractivity (Wildman–Crippen MR) is 41.2 cm³/mol. The number of rotatable bonds is 4. The van der Waals surface area contributed by atoms with Crippen molar-refractivity contribution in [3.63, 3.8) is 0 Å². The summed E-state index contributed by atoms with van der Waals surface area (Å²) < 4.78 is 8.17. The van der Waals surface area contributed by atoms with Gasteiger partial charge in [0.1, 0.15) is 0 Å². The highest BCUT2D eigenvalue weighted by Crippen LogP contribution is 2.13. The first kappa shape index (κ1) is 12.4. The molecule has 2 N–H and O–H groups in total.